The molecule has 1 N–H and O–H groups in total. The van der Waals surface area contributed by atoms with Crippen LogP contribution in [0, 0.1) is 5.92 Å². The van der Waals surface area contributed by atoms with Crippen molar-refractivity contribution < 1.29 is 47.6 Å². The maximum Gasteiger partial charge on any atom is 0.253 e. The zero-order chi connectivity index (χ0) is 27.1. The lowest BCUT2D eigenvalue weighted by Crippen LogP contribution is -2.35. The Labute approximate surface area is 218 Å². The van der Waals surface area contributed by atoms with Gasteiger partial charge in [-0.3, -0.25) is 24.1 Å². The number of imide groups is 1. The average Bonchev–Trinajstić information content (AvgIpc) is 3.20. The van der Waals surface area contributed by atoms with Crippen molar-refractivity contribution in [3.05, 3.63) is 12.2 Å². The molecular formula is C25H42N2O10. The minimum atomic E-state index is -0.396. The van der Waals surface area contributed by atoms with Crippen LogP contribution in [-0.4, -0.2) is 121 Å². The van der Waals surface area contributed by atoms with Gasteiger partial charge < -0.3 is 33.7 Å². The highest BCUT2D eigenvalue weighted by atomic mass is 16.6. The van der Waals surface area contributed by atoms with Crippen molar-refractivity contribution in [2.45, 2.75) is 26.7 Å². The number of nitrogens with one attached hydrogen (secondary N) is 1. The fraction of sp³-hybridized carbons (Fsp3) is 0.760. The van der Waals surface area contributed by atoms with Gasteiger partial charge in [-0.25, -0.2) is 0 Å². The van der Waals surface area contributed by atoms with Crippen LogP contribution < -0.4 is 5.32 Å². The summed E-state index contributed by atoms with van der Waals surface area (Å²) in [6.45, 7) is 9.41. The van der Waals surface area contributed by atoms with Crippen LogP contribution in [-0.2, 0) is 47.6 Å². The Kier molecular flexibility index (Phi) is 19.4. The third-order valence-corrected chi connectivity index (χ3v) is 5.03. The van der Waals surface area contributed by atoms with Gasteiger partial charge in [0.05, 0.1) is 79.3 Å². The second-order valence-electron chi connectivity index (χ2n) is 8.31. The van der Waals surface area contributed by atoms with Crippen LogP contribution in [0.5, 0.6) is 0 Å². The Hall–Kier alpha value is -2.22. The van der Waals surface area contributed by atoms with Gasteiger partial charge in [-0.15, -0.1) is 0 Å². The van der Waals surface area contributed by atoms with Crippen molar-refractivity contribution >= 4 is 23.5 Å². The quantitative estimate of drug-likeness (QED) is 0.128. The van der Waals surface area contributed by atoms with Gasteiger partial charge >= 0.3 is 0 Å². The molecule has 0 aliphatic carbocycles. The van der Waals surface area contributed by atoms with E-state index in [1.165, 1.54) is 12.2 Å². The first-order valence-electron chi connectivity index (χ1n) is 12.7. The molecule has 0 spiro atoms. The SMILES string of the molecule is CC(C)C(=O)CCOCCOCCOCCOCCOCCOCCNC(=O)CCN1C(=O)C=CC1=O. The van der Waals surface area contributed by atoms with Crippen molar-refractivity contribution in [1.82, 2.24) is 10.2 Å². The molecule has 1 aliphatic heterocycles. The normalized spacial score (nSPS) is 13.2. The molecule has 0 bridgehead atoms. The van der Waals surface area contributed by atoms with E-state index >= 15 is 0 Å². The third-order valence-electron chi connectivity index (χ3n) is 5.03. The van der Waals surface area contributed by atoms with Crippen molar-refractivity contribution in [1.29, 1.82) is 0 Å². The maximum absolute atomic E-state index is 11.7. The number of carbonyl (C=O) groups is 4. The number of ketones is 1. The maximum atomic E-state index is 11.7. The lowest BCUT2D eigenvalue weighted by molar-refractivity contribution is -0.137. The number of rotatable bonds is 25. The van der Waals surface area contributed by atoms with E-state index in [4.69, 9.17) is 28.4 Å². The molecule has 1 heterocycles. The molecule has 1 rings (SSSR count). The first-order valence-corrected chi connectivity index (χ1v) is 12.7. The minimum Gasteiger partial charge on any atom is -0.379 e. The second kappa shape index (κ2) is 21.8. The Bertz CT molecular complexity index is 681. The van der Waals surface area contributed by atoms with Gasteiger partial charge in [0, 0.05) is 44.0 Å². The number of Topliss-reactive ketones (excluding diaryl/α,β-unsaturated/α-hetero) is 1. The van der Waals surface area contributed by atoms with Crippen LogP contribution in [0.25, 0.3) is 0 Å². The molecule has 12 nitrogen and oxygen atoms in total. The van der Waals surface area contributed by atoms with Crippen molar-refractivity contribution in [2.24, 2.45) is 5.92 Å². The fourth-order valence-corrected chi connectivity index (χ4v) is 2.88. The molecule has 0 atom stereocenters. The van der Waals surface area contributed by atoms with Gasteiger partial charge in [-0.2, -0.15) is 0 Å². The summed E-state index contributed by atoms with van der Waals surface area (Å²) >= 11 is 0. The fourth-order valence-electron chi connectivity index (χ4n) is 2.88. The zero-order valence-electron chi connectivity index (χ0n) is 22.1. The molecule has 0 saturated heterocycles. The average molecular weight is 531 g/mol. The van der Waals surface area contributed by atoms with Crippen LogP contribution in [0.1, 0.15) is 26.7 Å². The van der Waals surface area contributed by atoms with Crippen LogP contribution >= 0.6 is 0 Å². The molecule has 3 amide bonds. The van der Waals surface area contributed by atoms with E-state index in [0.29, 0.717) is 92.2 Å². The highest BCUT2D eigenvalue weighted by molar-refractivity contribution is 6.13. The largest absolute Gasteiger partial charge is 0.379 e. The molecule has 0 aromatic carbocycles. The van der Waals surface area contributed by atoms with E-state index in [0.717, 1.165) is 4.90 Å². The van der Waals surface area contributed by atoms with Crippen molar-refractivity contribution in [2.75, 3.05) is 92.4 Å². The number of carbonyl (C=O) groups excluding carboxylic acids is 4. The molecule has 0 unspecified atom stereocenters. The topological polar surface area (TPSA) is 139 Å². The smallest absolute Gasteiger partial charge is 0.253 e. The Balaban J connectivity index is 1.72. The summed E-state index contributed by atoms with van der Waals surface area (Å²) in [5.74, 6) is -0.787. The Morgan fingerprint density at radius 3 is 1.51 bits per heavy atom. The summed E-state index contributed by atoms with van der Waals surface area (Å²) in [5, 5.41) is 2.67. The second-order valence-corrected chi connectivity index (χ2v) is 8.31. The Morgan fingerprint density at radius 1 is 0.676 bits per heavy atom. The van der Waals surface area contributed by atoms with Crippen molar-refractivity contribution in [3.8, 4) is 0 Å². The molecule has 0 radical (unpaired) electrons. The number of amides is 3. The summed E-state index contributed by atoms with van der Waals surface area (Å²) in [6, 6.07) is 0. The molecule has 0 aromatic heterocycles. The van der Waals surface area contributed by atoms with Crippen LogP contribution in [0.4, 0.5) is 0 Å². The number of nitrogens with zero attached hydrogens (tertiary/aromatic N) is 1. The first kappa shape index (κ1) is 32.8. The van der Waals surface area contributed by atoms with Gasteiger partial charge in [-0.1, -0.05) is 13.8 Å². The van der Waals surface area contributed by atoms with Crippen molar-refractivity contribution in [3.63, 3.8) is 0 Å². The number of hydrogen-bond acceptors (Lipinski definition) is 10. The molecule has 0 aromatic rings. The summed E-state index contributed by atoms with van der Waals surface area (Å²) in [5.41, 5.74) is 0. The molecule has 1 aliphatic rings. The molecule has 0 fully saturated rings. The standard InChI is InChI=1S/C25H42N2O10/c1-21(2)22(28)6-9-32-11-13-34-15-17-36-19-20-37-18-16-35-14-12-33-10-7-26-23(29)5-8-27-24(30)3-4-25(27)31/h3-4,21H,5-20H2,1-2H3,(H,26,29). The minimum absolute atomic E-state index is 0.0495. The van der Waals surface area contributed by atoms with E-state index in [1.807, 2.05) is 13.8 Å². The predicted octanol–water partition coefficient (Wildman–Crippen LogP) is 0.133. The highest BCUT2D eigenvalue weighted by Crippen LogP contribution is 2.04. The van der Waals surface area contributed by atoms with Crippen LogP contribution in [0.2, 0.25) is 0 Å². The van der Waals surface area contributed by atoms with E-state index in [9.17, 15) is 19.2 Å². The van der Waals surface area contributed by atoms with Gasteiger partial charge in [0.2, 0.25) is 5.91 Å². The van der Waals surface area contributed by atoms with E-state index in [-0.39, 0.29) is 30.6 Å². The van der Waals surface area contributed by atoms with Gasteiger partial charge in [0.25, 0.3) is 11.8 Å². The molecule has 0 saturated carbocycles. The van der Waals surface area contributed by atoms with Gasteiger partial charge in [0.15, 0.2) is 0 Å². The predicted molar refractivity (Wildman–Crippen MR) is 133 cm³/mol. The molecule has 212 valence electrons. The molecule has 37 heavy (non-hydrogen) atoms. The molecule has 12 heteroatoms. The highest BCUT2D eigenvalue weighted by Gasteiger charge is 2.23. The summed E-state index contributed by atoms with van der Waals surface area (Å²) in [4.78, 5) is 47.0. The lowest BCUT2D eigenvalue weighted by atomic mass is 10.1. The van der Waals surface area contributed by atoms with Crippen LogP contribution in [0.3, 0.4) is 0 Å². The zero-order valence-corrected chi connectivity index (χ0v) is 22.1. The summed E-state index contributed by atoms with van der Waals surface area (Å²) in [7, 11) is 0. The van der Waals surface area contributed by atoms with Gasteiger partial charge in [-0.05, 0) is 0 Å². The number of hydrogen-bond donors (Lipinski definition) is 1. The molecular weight excluding hydrogens is 488 g/mol. The van der Waals surface area contributed by atoms with E-state index in [2.05, 4.69) is 5.32 Å². The monoisotopic (exact) mass is 530 g/mol. The first-order chi connectivity index (χ1) is 17.9. The summed E-state index contributed by atoms with van der Waals surface area (Å²) in [6.07, 6.45) is 2.88. The van der Waals surface area contributed by atoms with Crippen LogP contribution in [0.15, 0.2) is 12.2 Å². The number of ether oxygens (including phenoxy) is 6. The van der Waals surface area contributed by atoms with E-state index < -0.39 is 11.8 Å². The lowest BCUT2D eigenvalue weighted by Gasteiger charge is -2.13. The van der Waals surface area contributed by atoms with E-state index in [1.54, 1.807) is 0 Å². The Morgan fingerprint density at radius 2 is 1.08 bits per heavy atom. The third kappa shape index (κ3) is 17.8. The van der Waals surface area contributed by atoms with Gasteiger partial charge in [0.1, 0.15) is 5.78 Å². The summed E-state index contributed by atoms with van der Waals surface area (Å²) < 4.78 is 32.3.